The summed E-state index contributed by atoms with van der Waals surface area (Å²) in [6, 6.07) is 12.2. The van der Waals surface area contributed by atoms with Crippen molar-refractivity contribution < 1.29 is 0 Å². The van der Waals surface area contributed by atoms with Crippen LogP contribution in [0.1, 0.15) is 24.7 Å². The minimum Gasteiger partial charge on any atom is -0.378 e. The maximum absolute atomic E-state index is 6.01. The van der Waals surface area contributed by atoms with Gasteiger partial charge in [-0.25, -0.2) is 9.97 Å². The van der Waals surface area contributed by atoms with Gasteiger partial charge in [0.25, 0.3) is 0 Å². The van der Waals surface area contributed by atoms with Gasteiger partial charge in [0.1, 0.15) is 11.3 Å². The first-order valence-corrected chi connectivity index (χ1v) is 7.50. The molecule has 1 aromatic carbocycles. The van der Waals surface area contributed by atoms with E-state index in [4.69, 9.17) is 16.6 Å². The van der Waals surface area contributed by atoms with Crippen LogP contribution in [0.5, 0.6) is 0 Å². The number of nitrogens with one attached hydrogen (secondary N) is 1. The number of halogens is 1. The number of anilines is 1. The van der Waals surface area contributed by atoms with Gasteiger partial charge in [-0.15, -0.1) is 0 Å². The number of imidazole rings is 1. The van der Waals surface area contributed by atoms with E-state index >= 15 is 0 Å². The normalized spacial score (nSPS) is 14.5. The van der Waals surface area contributed by atoms with Crippen molar-refractivity contribution >= 4 is 28.5 Å². The predicted octanol–water partition coefficient (Wildman–Crippen LogP) is 4.03. The third kappa shape index (κ3) is 2.47. The highest BCUT2D eigenvalue weighted by atomic mass is 35.5. The summed E-state index contributed by atoms with van der Waals surface area (Å²) in [5.41, 5.74) is 2.96. The molecule has 3 aromatic rings. The van der Waals surface area contributed by atoms with E-state index in [-0.39, 0.29) is 0 Å². The standard InChI is InChI=1S/C16H15ClN4/c17-11-3-1-4-12(9-11)19-10-15-20-14-5-2-8-18-16(14)21(15)13-6-7-13/h1-5,8-9,13,19H,6-7,10H2. The van der Waals surface area contributed by atoms with Crippen molar-refractivity contribution in [1.82, 2.24) is 14.5 Å². The molecule has 5 heteroatoms. The molecule has 1 N–H and O–H groups in total. The van der Waals surface area contributed by atoms with Gasteiger partial charge in [-0.1, -0.05) is 17.7 Å². The van der Waals surface area contributed by atoms with Crippen LogP contribution >= 0.6 is 11.6 Å². The first-order valence-electron chi connectivity index (χ1n) is 7.12. The zero-order chi connectivity index (χ0) is 14.2. The molecule has 2 aromatic heterocycles. The van der Waals surface area contributed by atoms with Crippen LogP contribution in [0.3, 0.4) is 0 Å². The van der Waals surface area contributed by atoms with Gasteiger partial charge in [0.05, 0.1) is 6.54 Å². The molecule has 1 saturated carbocycles. The summed E-state index contributed by atoms with van der Waals surface area (Å²) in [4.78, 5) is 9.20. The van der Waals surface area contributed by atoms with Crippen molar-refractivity contribution in [2.75, 3.05) is 5.32 Å². The van der Waals surface area contributed by atoms with Gasteiger partial charge in [-0.05, 0) is 43.2 Å². The van der Waals surface area contributed by atoms with Gasteiger partial charge in [-0.3, -0.25) is 0 Å². The van der Waals surface area contributed by atoms with Gasteiger partial charge < -0.3 is 9.88 Å². The lowest BCUT2D eigenvalue weighted by Crippen LogP contribution is -2.08. The SMILES string of the molecule is Clc1cccc(NCc2nc3cccnc3n2C2CC2)c1. The van der Waals surface area contributed by atoms with Crippen LogP contribution in [0.4, 0.5) is 5.69 Å². The van der Waals surface area contributed by atoms with Gasteiger partial charge in [0.2, 0.25) is 0 Å². The third-order valence-electron chi connectivity index (χ3n) is 3.71. The van der Waals surface area contributed by atoms with Crippen LogP contribution in [-0.2, 0) is 6.54 Å². The molecule has 0 unspecified atom stereocenters. The Balaban J connectivity index is 1.65. The van der Waals surface area contributed by atoms with E-state index in [2.05, 4.69) is 14.9 Å². The summed E-state index contributed by atoms with van der Waals surface area (Å²) in [5, 5.41) is 4.12. The molecule has 21 heavy (non-hydrogen) atoms. The van der Waals surface area contributed by atoms with E-state index < -0.39 is 0 Å². The Bertz CT molecular complexity index is 792. The highest BCUT2D eigenvalue weighted by Crippen LogP contribution is 2.38. The maximum Gasteiger partial charge on any atom is 0.160 e. The summed E-state index contributed by atoms with van der Waals surface area (Å²) in [7, 11) is 0. The average molecular weight is 299 g/mol. The topological polar surface area (TPSA) is 42.7 Å². The van der Waals surface area contributed by atoms with E-state index in [1.165, 1.54) is 12.8 Å². The highest BCUT2D eigenvalue weighted by molar-refractivity contribution is 6.30. The lowest BCUT2D eigenvalue weighted by Gasteiger charge is -2.09. The molecular formula is C16H15ClN4. The maximum atomic E-state index is 6.01. The fourth-order valence-electron chi connectivity index (χ4n) is 2.60. The lowest BCUT2D eigenvalue weighted by molar-refractivity contribution is 0.705. The predicted molar refractivity (Wildman–Crippen MR) is 84.6 cm³/mol. The molecular weight excluding hydrogens is 284 g/mol. The minimum absolute atomic E-state index is 0.557. The van der Waals surface area contributed by atoms with E-state index in [1.54, 1.807) is 0 Å². The second kappa shape index (κ2) is 5.04. The van der Waals surface area contributed by atoms with Crippen LogP contribution in [0.25, 0.3) is 11.2 Å². The number of hydrogen-bond acceptors (Lipinski definition) is 3. The Labute approximate surface area is 127 Å². The molecule has 4 rings (SSSR count). The molecule has 4 nitrogen and oxygen atoms in total. The summed E-state index contributed by atoms with van der Waals surface area (Å²) in [5.74, 6) is 1.03. The van der Waals surface area contributed by atoms with Gasteiger partial charge in [0.15, 0.2) is 5.65 Å². The summed E-state index contributed by atoms with van der Waals surface area (Å²) < 4.78 is 2.27. The molecule has 1 aliphatic rings. The second-order valence-electron chi connectivity index (χ2n) is 5.34. The first-order chi connectivity index (χ1) is 10.3. The van der Waals surface area contributed by atoms with Crippen molar-refractivity contribution in [3.05, 3.63) is 53.4 Å². The van der Waals surface area contributed by atoms with Crippen LogP contribution in [0.15, 0.2) is 42.6 Å². The van der Waals surface area contributed by atoms with Crippen molar-refractivity contribution in [3.8, 4) is 0 Å². The van der Waals surface area contributed by atoms with E-state index in [0.717, 1.165) is 27.7 Å². The Morgan fingerprint density at radius 3 is 2.95 bits per heavy atom. The number of rotatable bonds is 4. The molecule has 2 heterocycles. The number of pyridine rings is 1. The lowest BCUT2D eigenvalue weighted by atomic mass is 10.3. The molecule has 0 spiro atoms. The molecule has 106 valence electrons. The molecule has 1 fully saturated rings. The number of nitrogens with zero attached hydrogens (tertiary/aromatic N) is 3. The minimum atomic E-state index is 0.557. The molecule has 0 radical (unpaired) electrons. The number of benzene rings is 1. The second-order valence-corrected chi connectivity index (χ2v) is 5.78. The van der Waals surface area contributed by atoms with Crippen molar-refractivity contribution in [3.63, 3.8) is 0 Å². The van der Waals surface area contributed by atoms with Gasteiger partial charge in [0, 0.05) is 22.9 Å². The highest BCUT2D eigenvalue weighted by Gasteiger charge is 2.28. The van der Waals surface area contributed by atoms with E-state index in [0.29, 0.717) is 12.6 Å². The first kappa shape index (κ1) is 12.7. The molecule has 1 aliphatic carbocycles. The Morgan fingerprint density at radius 1 is 1.24 bits per heavy atom. The average Bonchev–Trinajstić information content (AvgIpc) is 3.26. The third-order valence-corrected chi connectivity index (χ3v) is 3.94. The number of aromatic nitrogens is 3. The Morgan fingerprint density at radius 2 is 2.14 bits per heavy atom. The summed E-state index contributed by atoms with van der Waals surface area (Å²) >= 11 is 6.01. The van der Waals surface area contributed by atoms with Crippen molar-refractivity contribution in [1.29, 1.82) is 0 Å². The zero-order valence-corrected chi connectivity index (χ0v) is 12.2. The van der Waals surface area contributed by atoms with Crippen LogP contribution in [-0.4, -0.2) is 14.5 Å². The largest absolute Gasteiger partial charge is 0.378 e. The smallest absolute Gasteiger partial charge is 0.160 e. The molecule has 0 amide bonds. The number of hydrogen-bond donors (Lipinski definition) is 1. The molecule has 0 aliphatic heterocycles. The molecule has 0 atom stereocenters. The van der Waals surface area contributed by atoms with Crippen molar-refractivity contribution in [2.24, 2.45) is 0 Å². The summed E-state index contributed by atoms with van der Waals surface area (Å²) in [6.45, 7) is 0.674. The molecule has 0 bridgehead atoms. The fourth-order valence-corrected chi connectivity index (χ4v) is 2.79. The fraction of sp³-hybridized carbons (Fsp3) is 0.250. The monoisotopic (exact) mass is 298 g/mol. The van der Waals surface area contributed by atoms with Gasteiger partial charge in [-0.2, -0.15) is 0 Å². The molecule has 0 saturated heterocycles. The quantitative estimate of drug-likeness (QED) is 0.790. The van der Waals surface area contributed by atoms with E-state index in [9.17, 15) is 0 Å². The van der Waals surface area contributed by atoms with Crippen LogP contribution < -0.4 is 5.32 Å². The Hall–Kier alpha value is -2.07. The van der Waals surface area contributed by atoms with E-state index in [1.807, 2.05) is 42.6 Å². The summed E-state index contributed by atoms with van der Waals surface area (Å²) in [6.07, 6.45) is 4.26. The van der Waals surface area contributed by atoms with Crippen LogP contribution in [0, 0.1) is 0 Å². The van der Waals surface area contributed by atoms with Crippen LogP contribution in [0.2, 0.25) is 5.02 Å². The van der Waals surface area contributed by atoms with Gasteiger partial charge >= 0.3 is 0 Å². The Kier molecular flexibility index (Phi) is 3.04. The zero-order valence-electron chi connectivity index (χ0n) is 11.5. The van der Waals surface area contributed by atoms with Crippen molar-refractivity contribution in [2.45, 2.75) is 25.4 Å². The number of fused-ring (bicyclic) bond motifs is 1.